The van der Waals surface area contributed by atoms with Crippen LogP contribution in [0.3, 0.4) is 0 Å². The van der Waals surface area contributed by atoms with Crippen molar-refractivity contribution in [1.82, 2.24) is 0 Å². The average molecular weight is 206 g/mol. The zero-order chi connectivity index (χ0) is 10.4. The molecular weight excluding hydrogens is 196 g/mol. The minimum absolute atomic E-state index is 0.157. The molecule has 0 rings (SSSR count). The van der Waals surface area contributed by atoms with E-state index in [0.717, 1.165) is 0 Å². The fourth-order valence-corrected chi connectivity index (χ4v) is 1.15. The topological polar surface area (TPSA) is 91.7 Å². The molecular formula is C7H10O5S. The van der Waals surface area contributed by atoms with Crippen molar-refractivity contribution in [2.24, 2.45) is 5.92 Å². The van der Waals surface area contributed by atoms with E-state index in [1.165, 1.54) is 6.92 Å². The van der Waals surface area contributed by atoms with Crippen LogP contribution in [0.5, 0.6) is 0 Å². The number of aliphatic carboxylic acids is 2. The minimum atomic E-state index is -1.10. The number of rotatable bonds is 5. The van der Waals surface area contributed by atoms with Gasteiger partial charge in [-0.25, -0.2) is 4.21 Å². The quantitative estimate of drug-likeness (QED) is 0.616. The summed E-state index contributed by atoms with van der Waals surface area (Å²) in [5.41, 5.74) is 0. The van der Waals surface area contributed by atoms with Crippen molar-refractivity contribution in [3.63, 3.8) is 0 Å². The summed E-state index contributed by atoms with van der Waals surface area (Å²) in [6, 6.07) is 0. The summed E-state index contributed by atoms with van der Waals surface area (Å²) in [5, 5.41) is 16.8. The molecule has 0 aliphatic heterocycles. The highest BCUT2D eigenvalue weighted by Crippen LogP contribution is 2.10. The first-order valence-electron chi connectivity index (χ1n) is 3.54. The lowest BCUT2D eigenvalue weighted by atomic mass is 9.98. The van der Waals surface area contributed by atoms with Crippen molar-refractivity contribution in [1.29, 1.82) is 0 Å². The van der Waals surface area contributed by atoms with E-state index in [2.05, 4.69) is 0 Å². The molecule has 0 atom stereocenters. The molecule has 13 heavy (non-hydrogen) atoms. The highest BCUT2D eigenvalue weighted by molar-refractivity contribution is 7.66. The molecule has 0 amide bonds. The molecule has 0 aromatic carbocycles. The maximum atomic E-state index is 10.3. The van der Waals surface area contributed by atoms with E-state index in [9.17, 15) is 13.8 Å². The third-order valence-corrected chi connectivity index (χ3v) is 2.14. The van der Waals surface area contributed by atoms with Crippen molar-refractivity contribution in [3.8, 4) is 0 Å². The molecule has 0 aromatic heterocycles. The number of carboxylic acids is 2. The van der Waals surface area contributed by atoms with E-state index in [4.69, 9.17) is 10.2 Å². The lowest BCUT2D eigenvalue weighted by Gasteiger charge is -2.08. The Balaban J connectivity index is 4.45. The molecule has 0 heterocycles. The highest BCUT2D eigenvalue weighted by atomic mass is 32.1. The summed E-state index contributed by atoms with van der Waals surface area (Å²) in [7, 11) is 0. The summed E-state index contributed by atoms with van der Waals surface area (Å²) in [5.74, 6) is -2.88. The summed E-state index contributed by atoms with van der Waals surface area (Å²) in [6.07, 6.45) is -0.624. The maximum Gasteiger partial charge on any atom is 0.303 e. The molecule has 74 valence electrons. The Hall–Kier alpha value is -1.17. The molecule has 0 unspecified atom stereocenters. The molecule has 0 fully saturated rings. The van der Waals surface area contributed by atoms with Gasteiger partial charge in [0, 0.05) is 10.8 Å². The molecule has 0 bridgehead atoms. The van der Waals surface area contributed by atoms with Crippen LogP contribution >= 0.6 is 0 Å². The highest BCUT2D eigenvalue weighted by Gasteiger charge is 2.19. The summed E-state index contributed by atoms with van der Waals surface area (Å²) in [4.78, 5) is 20.9. The van der Waals surface area contributed by atoms with Gasteiger partial charge in [-0.3, -0.25) is 9.59 Å². The van der Waals surface area contributed by atoms with Gasteiger partial charge in [0.05, 0.1) is 24.1 Å². The Labute approximate surface area is 78.5 Å². The van der Waals surface area contributed by atoms with Crippen molar-refractivity contribution < 1.29 is 24.0 Å². The van der Waals surface area contributed by atoms with E-state index in [-0.39, 0.29) is 24.1 Å². The van der Waals surface area contributed by atoms with Gasteiger partial charge in [-0.05, 0) is 6.92 Å². The standard InChI is InChI=1S/C7H10O5S/c1-4(13-12)5(2-6(8)9)3-7(10)11/h5H,2-3H2,1H3,(H,8,9)(H,10,11). The van der Waals surface area contributed by atoms with E-state index in [1.54, 1.807) is 0 Å². The first-order chi connectivity index (χ1) is 5.97. The predicted molar refractivity (Wildman–Crippen MR) is 46.8 cm³/mol. The largest absolute Gasteiger partial charge is 0.481 e. The molecule has 0 aliphatic carbocycles. The third kappa shape index (κ3) is 5.13. The van der Waals surface area contributed by atoms with Crippen molar-refractivity contribution in [2.75, 3.05) is 0 Å². The van der Waals surface area contributed by atoms with E-state index >= 15 is 0 Å². The molecule has 0 aliphatic rings. The van der Waals surface area contributed by atoms with Crippen LogP contribution in [0.1, 0.15) is 19.8 Å². The zero-order valence-corrected chi connectivity index (χ0v) is 7.84. The number of carbonyl (C=O) groups is 2. The van der Waals surface area contributed by atoms with Crippen LogP contribution in [-0.4, -0.2) is 31.2 Å². The monoisotopic (exact) mass is 206 g/mol. The van der Waals surface area contributed by atoms with Gasteiger partial charge in [-0.15, -0.1) is 0 Å². The Kier molecular flexibility index (Phi) is 4.98. The van der Waals surface area contributed by atoms with Gasteiger partial charge in [-0.1, -0.05) is 0 Å². The lowest BCUT2D eigenvalue weighted by molar-refractivity contribution is -0.139. The number of hydrogen-bond donors (Lipinski definition) is 2. The van der Waals surface area contributed by atoms with E-state index in [1.807, 2.05) is 0 Å². The van der Waals surface area contributed by atoms with Crippen LogP contribution in [0.25, 0.3) is 0 Å². The molecule has 0 saturated heterocycles. The Bertz CT molecular complexity index is 250. The fraction of sp³-hybridized carbons (Fsp3) is 0.571. The van der Waals surface area contributed by atoms with Gasteiger partial charge in [0.2, 0.25) is 0 Å². The minimum Gasteiger partial charge on any atom is -0.481 e. The second-order valence-electron chi connectivity index (χ2n) is 2.59. The molecule has 0 aromatic rings. The Morgan fingerprint density at radius 3 is 1.85 bits per heavy atom. The van der Waals surface area contributed by atoms with Crippen LogP contribution in [-0.2, 0) is 20.8 Å². The zero-order valence-electron chi connectivity index (χ0n) is 7.02. The second-order valence-corrected chi connectivity index (χ2v) is 3.40. The molecule has 0 saturated carbocycles. The summed E-state index contributed by atoms with van der Waals surface area (Å²) >= 11 is 0.157. The molecule has 5 nitrogen and oxygen atoms in total. The maximum absolute atomic E-state index is 10.3. The van der Waals surface area contributed by atoms with Crippen LogP contribution in [0.4, 0.5) is 0 Å². The third-order valence-electron chi connectivity index (χ3n) is 1.55. The SMILES string of the molecule is CC(=S=O)C(CC(=O)O)CC(=O)O. The van der Waals surface area contributed by atoms with E-state index in [0.29, 0.717) is 4.86 Å². The van der Waals surface area contributed by atoms with Crippen molar-refractivity contribution in [3.05, 3.63) is 0 Å². The first-order valence-corrected chi connectivity index (χ1v) is 4.28. The molecule has 0 radical (unpaired) electrons. The van der Waals surface area contributed by atoms with Gasteiger partial charge in [0.15, 0.2) is 0 Å². The summed E-state index contributed by atoms with van der Waals surface area (Å²) in [6.45, 7) is 1.45. The Morgan fingerprint density at radius 2 is 1.62 bits per heavy atom. The number of carboxylic acid groups (broad SMARTS) is 2. The van der Waals surface area contributed by atoms with E-state index < -0.39 is 17.9 Å². The number of hydrogen-bond acceptors (Lipinski definition) is 3. The van der Waals surface area contributed by atoms with Gasteiger partial charge < -0.3 is 10.2 Å². The van der Waals surface area contributed by atoms with Crippen molar-refractivity contribution >= 4 is 28.1 Å². The normalized spacial score (nSPS) is 9.69. The summed E-state index contributed by atoms with van der Waals surface area (Å²) < 4.78 is 10.3. The second kappa shape index (κ2) is 5.47. The smallest absolute Gasteiger partial charge is 0.303 e. The lowest BCUT2D eigenvalue weighted by Crippen LogP contribution is -2.19. The van der Waals surface area contributed by atoms with Gasteiger partial charge in [-0.2, -0.15) is 0 Å². The van der Waals surface area contributed by atoms with Crippen molar-refractivity contribution in [2.45, 2.75) is 19.8 Å². The van der Waals surface area contributed by atoms with Gasteiger partial charge >= 0.3 is 11.9 Å². The van der Waals surface area contributed by atoms with Crippen LogP contribution in [0.2, 0.25) is 0 Å². The molecule has 6 heteroatoms. The van der Waals surface area contributed by atoms with Gasteiger partial charge in [0.25, 0.3) is 0 Å². The van der Waals surface area contributed by atoms with Gasteiger partial charge in [0.1, 0.15) is 0 Å². The molecule has 0 spiro atoms. The first kappa shape index (κ1) is 11.8. The van der Waals surface area contributed by atoms with Crippen LogP contribution in [0.15, 0.2) is 0 Å². The van der Waals surface area contributed by atoms with Crippen LogP contribution < -0.4 is 0 Å². The predicted octanol–water partition coefficient (Wildman–Crippen LogP) is -0.0427. The molecule has 2 N–H and O–H groups in total. The van der Waals surface area contributed by atoms with Crippen LogP contribution in [0, 0.1) is 5.92 Å². The fourth-order valence-electron chi connectivity index (χ4n) is 0.849. The average Bonchev–Trinajstić information content (AvgIpc) is 2.00. The Morgan fingerprint density at radius 1 is 1.23 bits per heavy atom.